The quantitative estimate of drug-likeness (QED) is 0.0628. The van der Waals surface area contributed by atoms with Gasteiger partial charge in [0.25, 0.3) is 0 Å². The maximum Gasteiger partial charge on any atom is 0.349 e. The summed E-state index contributed by atoms with van der Waals surface area (Å²) in [5.74, 6) is -1.88. The summed E-state index contributed by atoms with van der Waals surface area (Å²) in [6.45, 7) is -0.164. The van der Waals surface area contributed by atoms with Gasteiger partial charge < -0.3 is 39.7 Å². The second-order valence-corrected chi connectivity index (χ2v) is 6.31. The van der Waals surface area contributed by atoms with Crippen molar-refractivity contribution in [3.63, 3.8) is 0 Å². The van der Waals surface area contributed by atoms with E-state index in [-0.39, 0.29) is 77.0 Å². The van der Waals surface area contributed by atoms with E-state index in [0.29, 0.717) is 0 Å². The summed E-state index contributed by atoms with van der Waals surface area (Å²) in [6, 6.07) is 3.36. The first-order chi connectivity index (χ1) is 16.5. The van der Waals surface area contributed by atoms with Crippen LogP contribution < -0.4 is 0 Å². The maximum atomic E-state index is 12.0. The van der Waals surface area contributed by atoms with Gasteiger partial charge >= 0.3 is 11.9 Å². The van der Waals surface area contributed by atoms with Crippen LogP contribution in [0.1, 0.15) is 0 Å². The van der Waals surface area contributed by atoms with Crippen molar-refractivity contribution < 1.29 is 39.5 Å². The number of aliphatic hydroxyl groups excluding tert-OH is 4. The van der Waals surface area contributed by atoms with E-state index in [0.717, 1.165) is 0 Å². The molecule has 0 rings (SSSR count). The highest BCUT2D eigenvalue weighted by atomic mass is 16.6. The lowest BCUT2D eigenvalue weighted by Gasteiger charge is -2.16. The van der Waals surface area contributed by atoms with E-state index in [4.69, 9.17) is 40.4 Å². The van der Waals surface area contributed by atoms with E-state index in [1.165, 1.54) is 36.7 Å². The topological polar surface area (TPSA) is 188 Å². The second-order valence-electron chi connectivity index (χ2n) is 6.31. The highest BCUT2D eigenvalue weighted by Gasteiger charge is 2.12. The molecule has 0 aromatic heterocycles. The monoisotopic (exact) mass is 478 g/mol. The third-order valence-electron chi connectivity index (χ3n) is 3.90. The van der Waals surface area contributed by atoms with Gasteiger partial charge in [0.05, 0.1) is 26.4 Å². The Bertz CT molecular complexity index is 744. The minimum absolute atomic E-state index is 0.134. The minimum Gasteiger partial charge on any atom is -0.458 e. The smallest absolute Gasteiger partial charge is 0.349 e. The molecule has 0 aliphatic heterocycles. The third-order valence-corrected chi connectivity index (χ3v) is 3.90. The van der Waals surface area contributed by atoms with Gasteiger partial charge in [0.1, 0.15) is 36.5 Å². The van der Waals surface area contributed by atoms with Gasteiger partial charge in [-0.25, -0.2) is 9.59 Å². The number of aliphatic hydroxyl groups is 4. The summed E-state index contributed by atoms with van der Waals surface area (Å²) in [7, 11) is 0. The number of rotatable bonds is 17. The summed E-state index contributed by atoms with van der Waals surface area (Å²) >= 11 is 0. The Morgan fingerprint density at radius 3 is 1.26 bits per heavy atom. The number of allylic oxidation sites excluding steroid dienone is 4. The summed E-state index contributed by atoms with van der Waals surface area (Å²) in [4.78, 5) is 27.1. The average molecular weight is 479 g/mol. The molecule has 0 bridgehead atoms. The van der Waals surface area contributed by atoms with Gasteiger partial charge in [-0.15, -0.1) is 0 Å². The van der Waals surface area contributed by atoms with Crippen molar-refractivity contribution in [2.24, 2.45) is 0 Å². The number of nitrogens with zero attached hydrogens (tertiary/aromatic N) is 4. The number of hydrogen-bond donors (Lipinski definition) is 4. The lowest BCUT2D eigenvalue weighted by atomic mass is 10.2. The van der Waals surface area contributed by atoms with Gasteiger partial charge in [-0.05, 0) is 36.7 Å². The number of hydrogen-bond acceptors (Lipinski definition) is 12. The van der Waals surface area contributed by atoms with Crippen LogP contribution in [0.25, 0.3) is 0 Å². The fourth-order valence-corrected chi connectivity index (χ4v) is 2.28. The Hall–Kier alpha value is -3.68. The largest absolute Gasteiger partial charge is 0.458 e. The van der Waals surface area contributed by atoms with Crippen LogP contribution in [0.2, 0.25) is 0 Å². The van der Waals surface area contributed by atoms with E-state index < -0.39 is 11.9 Å². The molecule has 34 heavy (non-hydrogen) atoms. The molecule has 0 radical (unpaired) electrons. The zero-order valence-electron chi connectivity index (χ0n) is 18.7. The van der Waals surface area contributed by atoms with Crippen LogP contribution >= 0.6 is 0 Å². The molecule has 186 valence electrons. The molecule has 0 saturated carbocycles. The Kier molecular flexibility index (Phi) is 17.8. The lowest BCUT2D eigenvalue weighted by Crippen LogP contribution is -2.24. The van der Waals surface area contributed by atoms with Crippen LogP contribution in [0.5, 0.6) is 0 Å². The van der Waals surface area contributed by atoms with Crippen LogP contribution in [0.4, 0.5) is 0 Å². The first-order valence-electron chi connectivity index (χ1n) is 10.3. The summed E-state index contributed by atoms with van der Waals surface area (Å²) in [5.41, 5.74) is -0.623. The molecule has 12 heteroatoms. The van der Waals surface area contributed by atoms with Gasteiger partial charge in [0.15, 0.2) is 0 Å². The molecule has 0 aliphatic rings. The molecule has 0 fully saturated rings. The highest BCUT2D eigenvalue weighted by Crippen LogP contribution is 2.01. The zero-order valence-corrected chi connectivity index (χ0v) is 18.7. The van der Waals surface area contributed by atoms with Crippen molar-refractivity contribution in [2.75, 3.05) is 65.8 Å². The Morgan fingerprint density at radius 2 is 1.00 bits per heavy atom. The van der Waals surface area contributed by atoms with E-state index >= 15 is 0 Å². The van der Waals surface area contributed by atoms with Crippen molar-refractivity contribution in [1.29, 1.82) is 10.5 Å². The van der Waals surface area contributed by atoms with Gasteiger partial charge in [-0.3, -0.25) is 0 Å². The van der Waals surface area contributed by atoms with Crippen LogP contribution in [-0.4, -0.2) is 108 Å². The molecular weight excluding hydrogens is 448 g/mol. The zero-order chi connectivity index (χ0) is 25.6. The number of nitriles is 2. The minimum atomic E-state index is -0.939. The Balaban J connectivity index is 4.71. The molecule has 0 aromatic rings. The van der Waals surface area contributed by atoms with E-state index in [2.05, 4.69) is 0 Å². The molecule has 0 aliphatic carbocycles. The highest BCUT2D eigenvalue weighted by molar-refractivity contribution is 5.93. The number of esters is 2. The van der Waals surface area contributed by atoms with Crippen molar-refractivity contribution >= 4 is 11.9 Å². The molecule has 0 unspecified atom stereocenters. The lowest BCUT2D eigenvalue weighted by molar-refractivity contribution is -0.146. The van der Waals surface area contributed by atoms with Crippen LogP contribution in [0.3, 0.4) is 0 Å². The molecule has 0 amide bonds. The van der Waals surface area contributed by atoms with Crippen LogP contribution in [0, 0.1) is 22.7 Å². The first-order valence-corrected chi connectivity index (χ1v) is 10.3. The van der Waals surface area contributed by atoms with Crippen molar-refractivity contribution in [3.8, 4) is 12.1 Å². The molecule has 12 nitrogen and oxygen atoms in total. The van der Waals surface area contributed by atoms with Crippen molar-refractivity contribution in [2.45, 2.75) is 0 Å². The van der Waals surface area contributed by atoms with E-state index in [1.54, 1.807) is 21.9 Å². The van der Waals surface area contributed by atoms with Crippen LogP contribution in [0.15, 0.2) is 47.9 Å². The van der Waals surface area contributed by atoms with Crippen LogP contribution in [-0.2, 0) is 19.1 Å². The number of ether oxygens (including phenoxy) is 2. The van der Waals surface area contributed by atoms with Gasteiger partial charge in [-0.1, -0.05) is 0 Å². The SMILES string of the molecule is N#C/C(=C\C=C\N(CCO)CCO)C(=O)OCCOC(=O)/C(C#N)=C/C=C/N(CCO)CCO. The van der Waals surface area contributed by atoms with Crippen molar-refractivity contribution in [3.05, 3.63) is 47.9 Å². The molecule has 0 aromatic carbocycles. The fourth-order valence-electron chi connectivity index (χ4n) is 2.28. The van der Waals surface area contributed by atoms with Crippen molar-refractivity contribution in [1.82, 2.24) is 9.80 Å². The predicted octanol–water partition coefficient (Wildman–Crippen LogP) is -1.43. The Labute approximate surface area is 198 Å². The normalized spacial score (nSPS) is 11.8. The predicted molar refractivity (Wildman–Crippen MR) is 119 cm³/mol. The average Bonchev–Trinajstić information content (AvgIpc) is 2.82. The molecule has 0 atom stereocenters. The molecule has 0 heterocycles. The van der Waals surface area contributed by atoms with E-state index in [9.17, 15) is 9.59 Å². The molecular formula is C22H30N4O8. The fraction of sp³-hybridized carbons (Fsp3) is 0.455. The summed E-state index contributed by atoms with van der Waals surface area (Å²) in [5, 5.41) is 54.0. The molecule has 0 spiro atoms. The maximum absolute atomic E-state index is 12.0. The second kappa shape index (κ2) is 20.0. The number of carbonyl (C=O) groups is 2. The third kappa shape index (κ3) is 13.7. The summed E-state index contributed by atoms with van der Waals surface area (Å²) < 4.78 is 9.75. The van der Waals surface area contributed by atoms with Gasteiger partial charge in [0, 0.05) is 26.2 Å². The Morgan fingerprint density at radius 1 is 0.676 bits per heavy atom. The molecule has 4 N–H and O–H groups in total. The summed E-state index contributed by atoms with van der Waals surface area (Å²) in [6.07, 6.45) is 8.19. The first kappa shape index (κ1) is 30.3. The standard InChI is InChI=1S/C22H30N4O8/c23-17-19(3-1-5-25(7-11-27)8-12-28)21(31)33-15-16-34-22(32)20(18-24)4-2-6-26(9-13-29)10-14-30/h1-6,27-30H,7-16H2/b5-1+,6-2+,19-3+,20-4+. The number of carbonyl (C=O) groups excluding carboxylic acids is 2. The van der Waals surface area contributed by atoms with Gasteiger partial charge in [0.2, 0.25) is 0 Å². The van der Waals surface area contributed by atoms with Gasteiger partial charge in [-0.2, -0.15) is 10.5 Å². The molecule has 0 saturated heterocycles. The van der Waals surface area contributed by atoms with E-state index in [1.807, 2.05) is 0 Å².